The molecule has 1 fully saturated rings. The molecule has 2 rings (SSSR count). The smallest absolute Gasteiger partial charge is 0.225 e. The first-order valence-electron chi connectivity index (χ1n) is 7.22. The van der Waals surface area contributed by atoms with Crippen LogP contribution in [-0.4, -0.2) is 49.9 Å². The van der Waals surface area contributed by atoms with Crippen molar-refractivity contribution in [2.75, 3.05) is 26.4 Å². The summed E-state index contributed by atoms with van der Waals surface area (Å²) in [5.74, 6) is -0.506. The molecule has 7 heteroatoms. The summed E-state index contributed by atoms with van der Waals surface area (Å²) in [7, 11) is -1.49. The second-order valence-electron chi connectivity index (χ2n) is 5.76. The zero-order valence-corrected chi connectivity index (χ0v) is 13.6. The number of hydrogen-bond acceptors (Lipinski definition) is 3. The van der Waals surface area contributed by atoms with Gasteiger partial charge < -0.3 is 4.90 Å². The Kier molecular flexibility index (Phi) is 5.18. The number of amides is 1. The number of sulfonamides is 1. The summed E-state index contributed by atoms with van der Waals surface area (Å²) >= 11 is 0. The third kappa shape index (κ3) is 4.27. The van der Waals surface area contributed by atoms with E-state index in [2.05, 4.69) is 0 Å². The van der Waals surface area contributed by atoms with E-state index in [0.29, 0.717) is 32.5 Å². The molecule has 5 nitrogen and oxygen atoms in total. The first kappa shape index (κ1) is 16.9. The zero-order chi connectivity index (χ0) is 16.3. The van der Waals surface area contributed by atoms with E-state index < -0.39 is 10.0 Å². The van der Waals surface area contributed by atoms with Gasteiger partial charge in [0.2, 0.25) is 15.9 Å². The van der Waals surface area contributed by atoms with Crippen LogP contribution in [0.1, 0.15) is 18.4 Å². The summed E-state index contributed by atoms with van der Waals surface area (Å²) in [6.07, 6.45) is 2.24. The van der Waals surface area contributed by atoms with Gasteiger partial charge in [-0.3, -0.25) is 4.79 Å². The minimum Gasteiger partial charge on any atom is -0.341 e. The highest BCUT2D eigenvalue weighted by molar-refractivity contribution is 7.88. The predicted octanol–water partition coefficient (Wildman–Crippen LogP) is 1.46. The van der Waals surface area contributed by atoms with E-state index >= 15 is 0 Å². The van der Waals surface area contributed by atoms with Crippen LogP contribution < -0.4 is 0 Å². The van der Waals surface area contributed by atoms with Crippen molar-refractivity contribution < 1.29 is 17.6 Å². The molecule has 1 heterocycles. The quantitative estimate of drug-likeness (QED) is 0.841. The maximum atomic E-state index is 13.2. The largest absolute Gasteiger partial charge is 0.341 e. The molecule has 0 aliphatic carbocycles. The van der Waals surface area contributed by atoms with Gasteiger partial charge in [0, 0.05) is 32.6 Å². The van der Waals surface area contributed by atoms with Crippen LogP contribution in [0.2, 0.25) is 0 Å². The Morgan fingerprint density at radius 1 is 1.36 bits per heavy atom. The van der Waals surface area contributed by atoms with Crippen molar-refractivity contribution in [3.63, 3.8) is 0 Å². The lowest BCUT2D eigenvalue weighted by molar-refractivity contribution is -0.135. The van der Waals surface area contributed by atoms with Crippen LogP contribution in [0.25, 0.3) is 0 Å². The lowest BCUT2D eigenvalue weighted by atomic mass is 9.96. The second kappa shape index (κ2) is 6.75. The first-order valence-corrected chi connectivity index (χ1v) is 9.07. The standard InChI is InChI=1S/C15H21FN2O3S/c1-17(11-12-4-3-5-14(16)10-12)15(19)13-6-8-18(9-7-13)22(2,20)21/h3-5,10,13H,6-9,11H2,1-2H3. The number of carbonyl (C=O) groups is 1. The molecule has 0 aromatic heterocycles. The fraction of sp³-hybridized carbons (Fsp3) is 0.533. The Morgan fingerprint density at radius 3 is 2.55 bits per heavy atom. The molecule has 0 bridgehead atoms. The molecule has 1 aliphatic heterocycles. The van der Waals surface area contributed by atoms with E-state index in [0.717, 1.165) is 5.56 Å². The maximum absolute atomic E-state index is 13.2. The Hall–Kier alpha value is -1.47. The maximum Gasteiger partial charge on any atom is 0.225 e. The number of carbonyl (C=O) groups excluding carboxylic acids is 1. The van der Waals surface area contributed by atoms with Crippen LogP contribution in [0.15, 0.2) is 24.3 Å². The molecule has 122 valence electrons. The molecule has 1 aliphatic rings. The highest BCUT2D eigenvalue weighted by atomic mass is 32.2. The predicted molar refractivity (Wildman–Crippen MR) is 82.0 cm³/mol. The van der Waals surface area contributed by atoms with Gasteiger partial charge in [0.1, 0.15) is 5.82 Å². The number of hydrogen-bond donors (Lipinski definition) is 0. The van der Waals surface area contributed by atoms with Crippen molar-refractivity contribution >= 4 is 15.9 Å². The third-order valence-electron chi connectivity index (χ3n) is 3.96. The van der Waals surface area contributed by atoms with Crippen molar-refractivity contribution in [1.29, 1.82) is 0 Å². The van der Waals surface area contributed by atoms with Gasteiger partial charge in [0.05, 0.1) is 6.26 Å². The van der Waals surface area contributed by atoms with E-state index in [1.807, 2.05) is 0 Å². The monoisotopic (exact) mass is 328 g/mol. The molecular weight excluding hydrogens is 307 g/mol. The van der Waals surface area contributed by atoms with E-state index in [4.69, 9.17) is 0 Å². The van der Waals surface area contributed by atoms with Crippen LogP contribution in [-0.2, 0) is 21.4 Å². The molecule has 1 amide bonds. The molecule has 0 N–H and O–H groups in total. The number of piperidine rings is 1. The number of halogens is 1. The highest BCUT2D eigenvalue weighted by Gasteiger charge is 2.30. The molecular formula is C15H21FN2O3S. The molecule has 1 aromatic carbocycles. The van der Waals surface area contributed by atoms with E-state index in [1.54, 1.807) is 24.1 Å². The van der Waals surface area contributed by atoms with Gasteiger partial charge in [-0.05, 0) is 30.5 Å². The zero-order valence-electron chi connectivity index (χ0n) is 12.8. The van der Waals surface area contributed by atoms with Crippen molar-refractivity contribution in [2.45, 2.75) is 19.4 Å². The van der Waals surface area contributed by atoms with Gasteiger partial charge in [-0.1, -0.05) is 12.1 Å². The molecule has 0 spiro atoms. The molecule has 22 heavy (non-hydrogen) atoms. The minimum absolute atomic E-state index is 0.0163. The Labute approximate surface area is 130 Å². The van der Waals surface area contributed by atoms with Crippen LogP contribution >= 0.6 is 0 Å². The summed E-state index contributed by atoms with van der Waals surface area (Å²) in [4.78, 5) is 14.0. The SMILES string of the molecule is CN(Cc1cccc(F)c1)C(=O)C1CCN(S(C)(=O)=O)CC1. The molecule has 0 unspecified atom stereocenters. The lowest BCUT2D eigenvalue weighted by Crippen LogP contribution is -2.42. The van der Waals surface area contributed by atoms with Gasteiger partial charge >= 0.3 is 0 Å². The second-order valence-corrected chi connectivity index (χ2v) is 7.74. The Bertz CT molecular complexity index is 640. The number of benzene rings is 1. The van der Waals surface area contributed by atoms with E-state index in [-0.39, 0.29) is 17.6 Å². The van der Waals surface area contributed by atoms with E-state index in [9.17, 15) is 17.6 Å². The third-order valence-corrected chi connectivity index (χ3v) is 5.26. The summed E-state index contributed by atoms with van der Waals surface area (Å²) < 4.78 is 37.5. The van der Waals surface area contributed by atoms with Crippen LogP contribution in [0.4, 0.5) is 4.39 Å². The van der Waals surface area contributed by atoms with Crippen molar-refractivity contribution in [2.24, 2.45) is 5.92 Å². The summed E-state index contributed by atoms with van der Waals surface area (Å²) in [5.41, 5.74) is 0.740. The van der Waals surface area contributed by atoms with Gasteiger partial charge in [0.15, 0.2) is 0 Å². The van der Waals surface area contributed by atoms with Crippen molar-refractivity contribution in [3.8, 4) is 0 Å². The van der Waals surface area contributed by atoms with Crippen LogP contribution in [0.3, 0.4) is 0 Å². The molecule has 0 radical (unpaired) electrons. The summed E-state index contributed by atoms with van der Waals surface area (Å²) in [6, 6.07) is 6.18. The fourth-order valence-electron chi connectivity index (χ4n) is 2.73. The first-order chi connectivity index (χ1) is 10.3. The average Bonchev–Trinajstić information content (AvgIpc) is 2.45. The van der Waals surface area contributed by atoms with E-state index in [1.165, 1.54) is 22.7 Å². The Morgan fingerprint density at radius 2 is 2.00 bits per heavy atom. The molecule has 0 saturated carbocycles. The minimum atomic E-state index is -3.18. The number of rotatable bonds is 4. The summed E-state index contributed by atoms with van der Waals surface area (Å²) in [5, 5.41) is 0. The topological polar surface area (TPSA) is 57.7 Å². The lowest BCUT2D eigenvalue weighted by Gasteiger charge is -2.31. The molecule has 1 aromatic rings. The Balaban J connectivity index is 1.92. The van der Waals surface area contributed by atoms with Gasteiger partial charge in [0.25, 0.3) is 0 Å². The molecule has 1 saturated heterocycles. The van der Waals surface area contributed by atoms with Gasteiger partial charge in [-0.25, -0.2) is 17.1 Å². The fourth-order valence-corrected chi connectivity index (χ4v) is 3.61. The number of nitrogens with zero attached hydrogens (tertiary/aromatic N) is 2. The van der Waals surface area contributed by atoms with Crippen LogP contribution in [0, 0.1) is 11.7 Å². The van der Waals surface area contributed by atoms with Crippen molar-refractivity contribution in [1.82, 2.24) is 9.21 Å². The molecule has 0 atom stereocenters. The highest BCUT2D eigenvalue weighted by Crippen LogP contribution is 2.21. The van der Waals surface area contributed by atoms with Gasteiger partial charge in [-0.15, -0.1) is 0 Å². The van der Waals surface area contributed by atoms with Crippen molar-refractivity contribution in [3.05, 3.63) is 35.6 Å². The van der Waals surface area contributed by atoms with Gasteiger partial charge in [-0.2, -0.15) is 0 Å². The van der Waals surface area contributed by atoms with Crippen LogP contribution in [0.5, 0.6) is 0 Å². The summed E-state index contributed by atoms with van der Waals surface area (Å²) in [6.45, 7) is 1.11. The normalized spacial score (nSPS) is 17.4. The average molecular weight is 328 g/mol.